The molecule has 1 aliphatic rings. The van der Waals surface area contributed by atoms with Crippen LogP contribution in [0.2, 0.25) is 5.02 Å². The zero-order valence-electron chi connectivity index (χ0n) is 17.0. The number of benzene rings is 1. The molecule has 0 saturated heterocycles. The monoisotopic (exact) mass is 419 g/mol. The maximum atomic E-state index is 12.8. The number of para-hydroxylation sites is 1. The first-order valence-electron chi connectivity index (χ1n) is 9.54. The van der Waals surface area contributed by atoms with E-state index in [1.807, 2.05) is 19.1 Å². The van der Waals surface area contributed by atoms with Gasteiger partial charge in [0.05, 0.1) is 22.4 Å². The molecule has 0 radical (unpaired) electrons. The van der Waals surface area contributed by atoms with Gasteiger partial charge in [0, 0.05) is 6.54 Å². The number of rotatable bonds is 6. The summed E-state index contributed by atoms with van der Waals surface area (Å²) in [6.45, 7) is 7.58. The van der Waals surface area contributed by atoms with Gasteiger partial charge in [0.1, 0.15) is 5.60 Å². The molecule has 156 valence electrons. The van der Waals surface area contributed by atoms with Crippen molar-refractivity contribution in [2.75, 3.05) is 6.54 Å². The minimum atomic E-state index is -0.609. The topological polar surface area (TPSA) is 98.1 Å². The van der Waals surface area contributed by atoms with Gasteiger partial charge < -0.3 is 15.4 Å². The number of hydrogen-bond donors (Lipinski definition) is 2. The molecular formula is C20H26ClN5O3. The molecule has 1 saturated carbocycles. The molecule has 1 aliphatic carbocycles. The molecule has 1 aromatic heterocycles. The molecule has 0 spiro atoms. The van der Waals surface area contributed by atoms with Crippen LogP contribution in [-0.2, 0) is 4.74 Å². The summed E-state index contributed by atoms with van der Waals surface area (Å²) in [6, 6.07) is 7.17. The van der Waals surface area contributed by atoms with E-state index in [-0.39, 0.29) is 24.1 Å². The summed E-state index contributed by atoms with van der Waals surface area (Å²) in [5.74, 6) is -0.0799. The van der Waals surface area contributed by atoms with Gasteiger partial charge in [-0.2, -0.15) is 0 Å². The molecular weight excluding hydrogens is 394 g/mol. The molecule has 1 heterocycles. The number of alkyl carbamates (subject to hydrolysis) is 1. The molecule has 8 nitrogen and oxygen atoms in total. The van der Waals surface area contributed by atoms with Crippen molar-refractivity contribution in [3.8, 4) is 5.69 Å². The Kier molecular flexibility index (Phi) is 5.84. The quantitative estimate of drug-likeness (QED) is 0.748. The summed E-state index contributed by atoms with van der Waals surface area (Å²) in [7, 11) is 0. The minimum Gasteiger partial charge on any atom is -0.444 e. The summed E-state index contributed by atoms with van der Waals surface area (Å²) >= 11 is 6.18. The number of amides is 2. The molecule has 2 aromatic rings. The van der Waals surface area contributed by atoms with Gasteiger partial charge in [0.15, 0.2) is 5.69 Å². The Morgan fingerprint density at radius 3 is 2.55 bits per heavy atom. The fourth-order valence-electron chi connectivity index (χ4n) is 3.03. The Labute approximate surface area is 174 Å². The number of aromatic nitrogens is 3. The summed E-state index contributed by atoms with van der Waals surface area (Å²) in [4.78, 5) is 24.8. The summed E-state index contributed by atoms with van der Waals surface area (Å²) < 4.78 is 6.75. The van der Waals surface area contributed by atoms with Gasteiger partial charge in [-0.15, -0.1) is 5.10 Å². The van der Waals surface area contributed by atoms with Crippen LogP contribution in [0.5, 0.6) is 0 Å². The van der Waals surface area contributed by atoms with Crippen LogP contribution in [0, 0.1) is 5.92 Å². The smallest absolute Gasteiger partial charge is 0.407 e. The van der Waals surface area contributed by atoms with Gasteiger partial charge in [-0.3, -0.25) is 4.79 Å². The fraction of sp³-hybridized carbons (Fsp3) is 0.500. The van der Waals surface area contributed by atoms with E-state index in [2.05, 4.69) is 20.9 Å². The Morgan fingerprint density at radius 2 is 1.93 bits per heavy atom. The maximum absolute atomic E-state index is 12.8. The molecule has 1 aromatic carbocycles. The van der Waals surface area contributed by atoms with Crippen LogP contribution < -0.4 is 10.6 Å². The minimum absolute atomic E-state index is 0.175. The van der Waals surface area contributed by atoms with Crippen molar-refractivity contribution in [1.29, 1.82) is 0 Å². The zero-order valence-corrected chi connectivity index (χ0v) is 17.8. The number of ether oxygens (including phenoxy) is 1. The third-order valence-corrected chi connectivity index (χ3v) is 5.02. The van der Waals surface area contributed by atoms with Crippen LogP contribution in [0.25, 0.3) is 5.69 Å². The van der Waals surface area contributed by atoms with E-state index in [1.54, 1.807) is 32.9 Å². The zero-order chi connectivity index (χ0) is 21.2. The van der Waals surface area contributed by atoms with E-state index in [4.69, 9.17) is 16.3 Å². The van der Waals surface area contributed by atoms with E-state index in [9.17, 15) is 9.59 Å². The van der Waals surface area contributed by atoms with Gasteiger partial charge >= 0.3 is 6.09 Å². The summed E-state index contributed by atoms with van der Waals surface area (Å²) in [5, 5.41) is 14.3. The van der Waals surface area contributed by atoms with Crippen LogP contribution in [-0.4, -0.2) is 44.7 Å². The highest BCUT2D eigenvalue weighted by molar-refractivity contribution is 6.32. The van der Waals surface area contributed by atoms with Gasteiger partial charge in [0.2, 0.25) is 0 Å². The summed E-state index contributed by atoms with van der Waals surface area (Å²) in [6.07, 6.45) is 2.99. The van der Waals surface area contributed by atoms with E-state index < -0.39 is 17.2 Å². The standard InChI is InChI=1S/C20H26ClN5O3/c1-19(2,3)29-18(28)22-12-20(4,13-9-10-13)23-17(27)15-11-26(25-24-15)16-8-6-5-7-14(16)21/h5-8,11,13H,9-10,12H2,1-4H3,(H,22,28)(H,23,27). The maximum Gasteiger partial charge on any atom is 0.407 e. The van der Waals surface area contributed by atoms with Crippen molar-refractivity contribution >= 4 is 23.6 Å². The highest BCUT2D eigenvalue weighted by atomic mass is 35.5. The van der Waals surface area contributed by atoms with Crippen LogP contribution in [0.3, 0.4) is 0 Å². The number of nitrogens with one attached hydrogen (secondary N) is 2. The van der Waals surface area contributed by atoms with E-state index in [0.29, 0.717) is 10.7 Å². The van der Waals surface area contributed by atoms with Gasteiger partial charge in [-0.05, 0) is 58.6 Å². The lowest BCUT2D eigenvalue weighted by Gasteiger charge is -2.31. The lowest BCUT2D eigenvalue weighted by Crippen LogP contribution is -2.55. The first-order chi connectivity index (χ1) is 13.6. The number of nitrogens with zero attached hydrogens (tertiary/aromatic N) is 3. The molecule has 1 atom stereocenters. The molecule has 9 heteroatoms. The van der Waals surface area contributed by atoms with Gasteiger partial charge in [-0.1, -0.05) is 28.9 Å². The second-order valence-corrected chi connectivity index (χ2v) is 8.91. The Morgan fingerprint density at radius 1 is 1.24 bits per heavy atom. The van der Waals surface area contributed by atoms with Crippen molar-refractivity contribution in [1.82, 2.24) is 25.6 Å². The van der Waals surface area contributed by atoms with Crippen molar-refractivity contribution in [3.05, 3.63) is 41.2 Å². The predicted molar refractivity (Wildman–Crippen MR) is 109 cm³/mol. The first kappa shape index (κ1) is 21.1. The SMILES string of the molecule is CC(C)(C)OC(=O)NCC(C)(NC(=O)c1cn(-c2ccccc2Cl)nn1)C1CC1. The van der Waals surface area contributed by atoms with E-state index in [0.717, 1.165) is 12.8 Å². The van der Waals surface area contributed by atoms with Gasteiger partial charge in [0.25, 0.3) is 5.91 Å². The Balaban J connectivity index is 1.67. The van der Waals surface area contributed by atoms with Crippen LogP contribution in [0.15, 0.2) is 30.5 Å². The second-order valence-electron chi connectivity index (χ2n) is 8.50. The van der Waals surface area contributed by atoms with Crippen molar-refractivity contribution in [3.63, 3.8) is 0 Å². The van der Waals surface area contributed by atoms with Crippen molar-refractivity contribution < 1.29 is 14.3 Å². The van der Waals surface area contributed by atoms with Crippen LogP contribution in [0.1, 0.15) is 51.0 Å². The average Bonchev–Trinajstić information content (AvgIpc) is 3.37. The normalized spacial score (nSPS) is 16.0. The largest absolute Gasteiger partial charge is 0.444 e. The lowest BCUT2D eigenvalue weighted by atomic mass is 9.95. The molecule has 29 heavy (non-hydrogen) atoms. The fourth-order valence-corrected chi connectivity index (χ4v) is 3.25. The molecule has 0 aliphatic heterocycles. The number of hydrogen-bond acceptors (Lipinski definition) is 5. The Hall–Kier alpha value is -2.61. The molecule has 2 amide bonds. The van der Waals surface area contributed by atoms with Gasteiger partial charge in [-0.25, -0.2) is 9.48 Å². The van der Waals surface area contributed by atoms with Crippen molar-refractivity contribution in [2.24, 2.45) is 5.92 Å². The third kappa shape index (κ3) is 5.47. The molecule has 1 fully saturated rings. The van der Waals surface area contributed by atoms with Crippen molar-refractivity contribution in [2.45, 2.75) is 51.7 Å². The molecule has 3 rings (SSSR count). The van der Waals surface area contributed by atoms with E-state index in [1.165, 1.54) is 10.9 Å². The Bertz CT molecular complexity index is 904. The number of halogens is 1. The number of carbonyl (C=O) groups excluding carboxylic acids is 2. The summed E-state index contributed by atoms with van der Waals surface area (Å²) in [5.41, 5.74) is -0.380. The second kappa shape index (κ2) is 8.02. The van der Waals surface area contributed by atoms with Crippen LogP contribution >= 0.6 is 11.6 Å². The molecule has 1 unspecified atom stereocenters. The first-order valence-corrected chi connectivity index (χ1v) is 9.92. The highest BCUT2D eigenvalue weighted by Gasteiger charge is 2.43. The molecule has 0 bridgehead atoms. The average molecular weight is 420 g/mol. The third-order valence-electron chi connectivity index (χ3n) is 4.70. The predicted octanol–water partition coefficient (Wildman–Crippen LogP) is 3.34. The highest BCUT2D eigenvalue weighted by Crippen LogP contribution is 2.39. The number of carbonyl (C=O) groups is 2. The molecule has 2 N–H and O–H groups in total. The van der Waals surface area contributed by atoms with E-state index >= 15 is 0 Å². The lowest BCUT2D eigenvalue weighted by molar-refractivity contribution is 0.0502. The van der Waals surface area contributed by atoms with Crippen LogP contribution in [0.4, 0.5) is 4.79 Å².